The second kappa shape index (κ2) is 3.91. The number of aliphatic hydroxyl groups is 1. The van der Waals surface area contributed by atoms with Crippen molar-refractivity contribution in [3.63, 3.8) is 0 Å². The number of aliphatic hydroxyl groups excluding tert-OH is 1. The van der Waals surface area contributed by atoms with Crippen LogP contribution in [0.15, 0.2) is 0 Å². The van der Waals surface area contributed by atoms with Crippen molar-refractivity contribution in [3.05, 3.63) is 33.6 Å². The first kappa shape index (κ1) is 10.9. The zero-order valence-corrected chi connectivity index (χ0v) is 7.50. The van der Waals surface area contributed by atoms with E-state index in [2.05, 4.69) is 0 Å². The Labute approximate surface area is 83.1 Å². The molecule has 1 N–H and O–H groups in total. The highest BCUT2D eigenvalue weighted by atomic mass is 35.5. The average molecular weight is 221 g/mol. The van der Waals surface area contributed by atoms with E-state index in [1.807, 2.05) is 0 Å². The molecule has 1 nitrogen and oxygen atoms in total. The van der Waals surface area contributed by atoms with Crippen LogP contribution in [0, 0.1) is 29.8 Å². The summed E-state index contributed by atoms with van der Waals surface area (Å²) in [6, 6.07) is 0. The summed E-state index contributed by atoms with van der Waals surface area (Å²) in [5, 5.41) is 7.91. The Morgan fingerprint density at radius 3 is 2.21 bits per heavy atom. The standard InChI is InChI=1S/C9H4ClF3O/c1-2-4-7(11)6(10)5(3-14)9(13)8(4)12/h1,14H,3H2. The van der Waals surface area contributed by atoms with E-state index in [1.165, 1.54) is 0 Å². The fourth-order valence-electron chi connectivity index (χ4n) is 0.943. The molecule has 0 fully saturated rings. The molecule has 0 amide bonds. The van der Waals surface area contributed by atoms with Gasteiger partial charge in [0.2, 0.25) is 0 Å². The quantitative estimate of drug-likeness (QED) is 0.568. The summed E-state index contributed by atoms with van der Waals surface area (Å²) < 4.78 is 39.1. The molecule has 1 aromatic rings. The number of rotatable bonds is 1. The van der Waals surface area contributed by atoms with Crippen molar-refractivity contribution in [1.29, 1.82) is 0 Å². The molecule has 0 aliphatic carbocycles. The number of benzene rings is 1. The minimum Gasteiger partial charge on any atom is -0.392 e. The van der Waals surface area contributed by atoms with Crippen molar-refractivity contribution in [2.24, 2.45) is 0 Å². The van der Waals surface area contributed by atoms with Gasteiger partial charge in [-0.2, -0.15) is 0 Å². The molecule has 0 aliphatic heterocycles. The van der Waals surface area contributed by atoms with Gasteiger partial charge < -0.3 is 5.11 Å². The number of hydrogen-bond donors (Lipinski definition) is 1. The molecule has 0 saturated heterocycles. The SMILES string of the molecule is C#Cc1c(F)c(F)c(CO)c(Cl)c1F. The van der Waals surface area contributed by atoms with E-state index >= 15 is 0 Å². The summed E-state index contributed by atoms with van der Waals surface area (Å²) in [6.07, 6.45) is 4.76. The fraction of sp³-hybridized carbons (Fsp3) is 0.111. The third-order valence-electron chi connectivity index (χ3n) is 1.66. The molecule has 74 valence electrons. The largest absolute Gasteiger partial charge is 0.392 e. The maximum atomic E-state index is 13.1. The van der Waals surface area contributed by atoms with Crippen molar-refractivity contribution in [2.75, 3.05) is 0 Å². The Balaban J connectivity index is 3.66. The van der Waals surface area contributed by atoms with Crippen molar-refractivity contribution in [1.82, 2.24) is 0 Å². The Kier molecular flexibility index (Phi) is 3.04. The van der Waals surface area contributed by atoms with Gasteiger partial charge in [0.25, 0.3) is 0 Å². The van der Waals surface area contributed by atoms with E-state index in [0.29, 0.717) is 0 Å². The van der Waals surface area contributed by atoms with Crippen LogP contribution in [-0.4, -0.2) is 5.11 Å². The van der Waals surface area contributed by atoms with Crippen LogP contribution < -0.4 is 0 Å². The Morgan fingerprint density at radius 2 is 1.79 bits per heavy atom. The summed E-state index contributed by atoms with van der Waals surface area (Å²) in [4.78, 5) is 0. The van der Waals surface area contributed by atoms with Crippen molar-refractivity contribution < 1.29 is 18.3 Å². The van der Waals surface area contributed by atoms with Gasteiger partial charge in [0.1, 0.15) is 5.56 Å². The maximum absolute atomic E-state index is 13.1. The highest BCUT2D eigenvalue weighted by Gasteiger charge is 2.22. The minimum atomic E-state index is -1.52. The molecular formula is C9H4ClF3O. The number of terminal acetylenes is 1. The molecule has 0 heterocycles. The average Bonchev–Trinajstić information content (AvgIpc) is 2.17. The summed E-state index contributed by atoms with van der Waals surface area (Å²) >= 11 is 5.32. The van der Waals surface area contributed by atoms with Gasteiger partial charge in [-0.15, -0.1) is 6.42 Å². The third kappa shape index (κ3) is 1.45. The van der Waals surface area contributed by atoms with E-state index < -0.39 is 40.2 Å². The van der Waals surface area contributed by atoms with E-state index in [-0.39, 0.29) is 0 Å². The molecule has 0 aromatic heterocycles. The summed E-state index contributed by atoms with van der Waals surface area (Å²) in [6.45, 7) is -0.899. The van der Waals surface area contributed by atoms with Gasteiger partial charge in [-0.1, -0.05) is 17.5 Å². The predicted molar refractivity (Wildman–Crippen MR) is 45.2 cm³/mol. The Morgan fingerprint density at radius 1 is 1.21 bits per heavy atom. The van der Waals surface area contributed by atoms with Crippen LogP contribution in [0.5, 0.6) is 0 Å². The lowest BCUT2D eigenvalue weighted by Crippen LogP contribution is -2.03. The molecule has 0 spiro atoms. The molecule has 0 unspecified atom stereocenters. The van der Waals surface area contributed by atoms with Gasteiger partial charge >= 0.3 is 0 Å². The zero-order valence-electron chi connectivity index (χ0n) is 6.74. The smallest absolute Gasteiger partial charge is 0.177 e. The van der Waals surface area contributed by atoms with Crippen LogP contribution in [0.1, 0.15) is 11.1 Å². The molecule has 14 heavy (non-hydrogen) atoms. The first-order valence-corrected chi connectivity index (χ1v) is 3.84. The van der Waals surface area contributed by atoms with Gasteiger partial charge in [0.05, 0.1) is 11.6 Å². The molecule has 0 saturated carbocycles. The van der Waals surface area contributed by atoms with Crippen LogP contribution in [0.4, 0.5) is 13.2 Å². The van der Waals surface area contributed by atoms with E-state index in [9.17, 15) is 13.2 Å². The fourth-order valence-corrected chi connectivity index (χ4v) is 1.18. The van der Waals surface area contributed by atoms with Crippen molar-refractivity contribution in [2.45, 2.75) is 6.61 Å². The van der Waals surface area contributed by atoms with Crippen LogP contribution in [0.2, 0.25) is 5.02 Å². The third-order valence-corrected chi connectivity index (χ3v) is 2.05. The summed E-state index contributed by atoms with van der Waals surface area (Å²) in [5.41, 5.74) is -1.51. The van der Waals surface area contributed by atoms with E-state index in [1.54, 1.807) is 5.92 Å². The Bertz CT molecular complexity index is 387. The topological polar surface area (TPSA) is 20.2 Å². The number of halogens is 4. The molecular weight excluding hydrogens is 217 g/mol. The van der Waals surface area contributed by atoms with Crippen molar-refractivity contribution in [3.8, 4) is 12.3 Å². The summed E-state index contributed by atoms with van der Waals surface area (Å²) in [5.74, 6) is -2.54. The van der Waals surface area contributed by atoms with Crippen LogP contribution in [-0.2, 0) is 6.61 Å². The second-order valence-electron chi connectivity index (χ2n) is 2.41. The lowest BCUT2D eigenvalue weighted by atomic mass is 10.1. The minimum absolute atomic E-state index is 0.638. The van der Waals surface area contributed by atoms with E-state index in [0.717, 1.165) is 0 Å². The van der Waals surface area contributed by atoms with Gasteiger partial charge in [-0.05, 0) is 0 Å². The van der Waals surface area contributed by atoms with E-state index in [4.69, 9.17) is 23.1 Å². The first-order chi connectivity index (χ1) is 6.54. The highest BCUT2D eigenvalue weighted by molar-refractivity contribution is 6.31. The van der Waals surface area contributed by atoms with Gasteiger partial charge in [-0.25, -0.2) is 13.2 Å². The first-order valence-electron chi connectivity index (χ1n) is 3.46. The highest BCUT2D eigenvalue weighted by Crippen LogP contribution is 2.28. The zero-order chi connectivity index (χ0) is 10.9. The molecule has 5 heteroatoms. The van der Waals surface area contributed by atoms with Gasteiger partial charge in [0, 0.05) is 5.56 Å². The van der Waals surface area contributed by atoms with Crippen molar-refractivity contribution >= 4 is 11.6 Å². The van der Waals surface area contributed by atoms with Gasteiger partial charge in [-0.3, -0.25) is 0 Å². The maximum Gasteiger partial charge on any atom is 0.177 e. The molecule has 1 aromatic carbocycles. The van der Waals surface area contributed by atoms with Gasteiger partial charge in [0.15, 0.2) is 17.5 Å². The number of hydrogen-bond acceptors (Lipinski definition) is 1. The van der Waals surface area contributed by atoms with Crippen LogP contribution in [0.25, 0.3) is 0 Å². The molecule has 1 rings (SSSR count). The lowest BCUT2D eigenvalue weighted by molar-refractivity contribution is 0.272. The Hall–Kier alpha value is -1.18. The second-order valence-corrected chi connectivity index (χ2v) is 2.79. The molecule has 0 atom stereocenters. The normalized spacial score (nSPS) is 10.0. The molecule has 0 bridgehead atoms. The monoisotopic (exact) mass is 220 g/mol. The molecule has 0 radical (unpaired) electrons. The summed E-state index contributed by atoms with van der Waals surface area (Å²) in [7, 11) is 0. The molecule has 0 aliphatic rings. The van der Waals surface area contributed by atoms with Crippen LogP contribution >= 0.6 is 11.6 Å². The predicted octanol–water partition coefficient (Wildman–Crippen LogP) is 2.23. The van der Waals surface area contributed by atoms with Crippen LogP contribution in [0.3, 0.4) is 0 Å². The lowest BCUT2D eigenvalue weighted by Gasteiger charge is -2.07.